The Labute approximate surface area is 180 Å². The first-order chi connectivity index (χ1) is 13.7. The summed E-state index contributed by atoms with van der Waals surface area (Å²) in [6.07, 6.45) is 0.186. The third-order valence-corrected chi connectivity index (χ3v) is 4.08. The van der Waals surface area contributed by atoms with Crippen molar-refractivity contribution in [2.24, 2.45) is 5.73 Å². The molecule has 156 valence electrons. The van der Waals surface area contributed by atoms with Crippen LogP contribution in [0.4, 0.5) is 15.3 Å². The van der Waals surface area contributed by atoms with Crippen LogP contribution in [0, 0.1) is 0 Å². The molecule has 0 bridgehead atoms. The first-order valence-corrected chi connectivity index (χ1v) is 9.57. The maximum Gasteiger partial charge on any atom is 0.278 e. The third-order valence-electron chi connectivity index (χ3n) is 3.74. The predicted octanol–water partition coefficient (Wildman–Crippen LogP) is 2.65. The van der Waals surface area contributed by atoms with Crippen LogP contribution in [0.25, 0.3) is 10.8 Å². The van der Waals surface area contributed by atoms with Crippen LogP contribution >= 0.6 is 25.3 Å². The number of nitrogens with zero attached hydrogens (tertiary/aromatic N) is 1. The van der Waals surface area contributed by atoms with Gasteiger partial charge in [-0.15, -0.1) is 0 Å². The standard InChI is InChI=1S/C18H21N3O3S.CH3NOS/c1-21(18(24)25)12-11-19-16(22)9-10-17(23)20-15-8-4-6-13-5-2-3-7-14(13)15;2-1(3)4/h2-8H,9-12H2,1H3,(H,19,22)(H,20,23)(H,24,25);(H3,2,3,4). The lowest BCUT2D eigenvalue weighted by Gasteiger charge is -2.14. The Kier molecular flexibility index (Phi) is 10.6. The third kappa shape index (κ3) is 9.86. The molecule has 4 N–H and O–H groups in total. The lowest BCUT2D eigenvalue weighted by atomic mass is 10.1. The molecule has 0 radical (unpaired) electrons. The van der Waals surface area contributed by atoms with Crippen LogP contribution in [0.15, 0.2) is 42.5 Å². The highest BCUT2D eigenvalue weighted by Crippen LogP contribution is 2.23. The second kappa shape index (κ2) is 12.7. The molecule has 2 rings (SSSR count). The van der Waals surface area contributed by atoms with E-state index >= 15 is 0 Å². The summed E-state index contributed by atoms with van der Waals surface area (Å²) in [4.78, 5) is 45.2. The molecule has 0 unspecified atom stereocenters. The van der Waals surface area contributed by atoms with Crippen molar-refractivity contribution >= 4 is 64.0 Å². The highest BCUT2D eigenvalue weighted by atomic mass is 32.1. The number of nitrogens with one attached hydrogen (secondary N) is 2. The number of primary amides is 1. The van der Waals surface area contributed by atoms with Crippen LogP contribution in [0.2, 0.25) is 0 Å². The van der Waals surface area contributed by atoms with Crippen molar-refractivity contribution in [1.29, 1.82) is 0 Å². The minimum Gasteiger partial charge on any atom is -0.361 e. The number of benzene rings is 2. The molecular formula is C19H24N4O4S2. The molecule has 0 saturated carbocycles. The minimum atomic E-state index is -0.639. The smallest absolute Gasteiger partial charge is 0.278 e. The van der Waals surface area contributed by atoms with E-state index in [9.17, 15) is 14.4 Å². The summed E-state index contributed by atoms with van der Waals surface area (Å²) in [6.45, 7) is 0.697. The summed E-state index contributed by atoms with van der Waals surface area (Å²) in [5, 5.41) is 6.52. The first-order valence-electron chi connectivity index (χ1n) is 8.67. The van der Waals surface area contributed by atoms with E-state index in [0.29, 0.717) is 13.1 Å². The van der Waals surface area contributed by atoms with Crippen molar-refractivity contribution in [2.75, 3.05) is 25.5 Å². The molecule has 0 atom stereocenters. The van der Waals surface area contributed by atoms with Gasteiger partial charge in [0.15, 0.2) is 0 Å². The Morgan fingerprint density at radius 2 is 1.55 bits per heavy atom. The molecule has 0 aromatic heterocycles. The number of carbonyl (C=O) groups excluding carboxylic acids is 4. The highest BCUT2D eigenvalue weighted by Gasteiger charge is 2.09. The molecular weight excluding hydrogens is 412 g/mol. The number of nitrogens with two attached hydrogens (primary N) is 1. The first kappa shape index (κ1) is 24.3. The Bertz CT molecular complexity index is 867. The summed E-state index contributed by atoms with van der Waals surface area (Å²) in [5.41, 5.74) is 5.07. The zero-order valence-corrected chi connectivity index (χ0v) is 17.7. The van der Waals surface area contributed by atoms with Crippen molar-refractivity contribution < 1.29 is 19.2 Å². The number of amides is 4. The van der Waals surface area contributed by atoms with Gasteiger partial charge in [0.1, 0.15) is 0 Å². The lowest BCUT2D eigenvalue weighted by molar-refractivity contribution is -0.124. The monoisotopic (exact) mass is 436 g/mol. The van der Waals surface area contributed by atoms with Crippen LogP contribution in [-0.4, -0.2) is 47.3 Å². The molecule has 29 heavy (non-hydrogen) atoms. The van der Waals surface area contributed by atoms with Gasteiger partial charge in [0.25, 0.3) is 10.5 Å². The van der Waals surface area contributed by atoms with E-state index < -0.39 is 5.24 Å². The fraction of sp³-hybridized carbons (Fsp3) is 0.263. The molecule has 4 amide bonds. The second-order valence-electron chi connectivity index (χ2n) is 5.97. The van der Waals surface area contributed by atoms with Gasteiger partial charge in [-0.05, 0) is 11.5 Å². The number of hydrogen-bond donors (Lipinski definition) is 5. The summed E-state index contributed by atoms with van der Waals surface area (Å²) < 4.78 is 0. The van der Waals surface area contributed by atoms with Gasteiger partial charge in [-0.25, -0.2) is 0 Å². The molecule has 0 aliphatic rings. The average molecular weight is 437 g/mol. The SMILES string of the molecule is CN(CCNC(=O)CCC(=O)Nc1cccc2ccccc12)C(=O)S.NC(=O)S. The van der Waals surface area contributed by atoms with Gasteiger partial charge in [0.05, 0.1) is 0 Å². The quantitative estimate of drug-likeness (QED) is 0.428. The maximum absolute atomic E-state index is 12.1. The Morgan fingerprint density at radius 3 is 2.21 bits per heavy atom. The Morgan fingerprint density at radius 1 is 0.966 bits per heavy atom. The van der Waals surface area contributed by atoms with Crippen LogP contribution in [0.5, 0.6) is 0 Å². The van der Waals surface area contributed by atoms with Gasteiger partial charge in [0.2, 0.25) is 11.8 Å². The number of anilines is 1. The number of thiol groups is 2. The van der Waals surface area contributed by atoms with Gasteiger partial charge in [-0.1, -0.05) is 61.7 Å². The van der Waals surface area contributed by atoms with Crippen molar-refractivity contribution in [2.45, 2.75) is 12.8 Å². The molecule has 0 spiro atoms. The Hall–Kier alpha value is -2.72. The molecule has 10 heteroatoms. The average Bonchev–Trinajstić information content (AvgIpc) is 2.66. The molecule has 2 aromatic rings. The zero-order chi connectivity index (χ0) is 21.8. The van der Waals surface area contributed by atoms with Crippen LogP contribution in [-0.2, 0) is 9.59 Å². The number of likely N-dealkylation sites (N-methyl/N-ethyl adjacent to an activating group) is 1. The van der Waals surface area contributed by atoms with E-state index in [1.165, 1.54) is 4.90 Å². The van der Waals surface area contributed by atoms with Crippen LogP contribution in [0.1, 0.15) is 12.8 Å². The largest absolute Gasteiger partial charge is 0.361 e. The minimum absolute atomic E-state index is 0.0924. The lowest BCUT2D eigenvalue weighted by Crippen LogP contribution is -2.34. The van der Waals surface area contributed by atoms with Crippen molar-refractivity contribution in [3.8, 4) is 0 Å². The molecule has 0 saturated heterocycles. The normalized spacial score (nSPS) is 9.76. The molecule has 0 aliphatic carbocycles. The van der Waals surface area contributed by atoms with Gasteiger partial charge in [-0.2, -0.15) is 0 Å². The Balaban J connectivity index is 0.000000960. The molecule has 0 heterocycles. The number of fused-ring (bicyclic) bond motifs is 1. The molecule has 0 fully saturated rings. The van der Waals surface area contributed by atoms with E-state index in [4.69, 9.17) is 4.79 Å². The van der Waals surface area contributed by atoms with Gasteiger partial charge in [-0.3, -0.25) is 19.2 Å². The van der Waals surface area contributed by atoms with Gasteiger partial charge in [0, 0.05) is 44.1 Å². The van der Waals surface area contributed by atoms with Gasteiger partial charge < -0.3 is 21.3 Å². The zero-order valence-electron chi connectivity index (χ0n) is 15.9. The van der Waals surface area contributed by atoms with E-state index in [2.05, 4.69) is 41.6 Å². The van der Waals surface area contributed by atoms with Gasteiger partial charge >= 0.3 is 0 Å². The fourth-order valence-electron chi connectivity index (χ4n) is 2.32. The number of rotatable bonds is 7. The van der Waals surface area contributed by atoms with E-state index in [-0.39, 0.29) is 29.9 Å². The summed E-state index contributed by atoms with van der Waals surface area (Å²) in [5.74, 6) is -0.442. The molecule has 2 aromatic carbocycles. The summed E-state index contributed by atoms with van der Waals surface area (Å²) >= 11 is 6.78. The summed E-state index contributed by atoms with van der Waals surface area (Å²) in [7, 11) is 1.60. The molecule has 8 nitrogen and oxygen atoms in total. The second-order valence-corrected chi connectivity index (χ2v) is 6.79. The van der Waals surface area contributed by atoms with E-state index in [1.807, 2.05) is 42.5 Å². The fourth-order valence-corrected chi connectivity index (χ4v) is 2.42. The van der Waals surface area contributed by atoms with Crippen LogP contribution in [0.3, 0.4) is 0 Å². The number of carbonyl (C=O) groups is 4. The van der Waals surface area contributed by atoms with Crippen molar-refractivity contribution in [1.82, 2.24) is 10.2 Å². The van der Waals surface area contributed by atoms with E-state index in [0.717, 1.165) is 16.5 Å². The predicted molar refractivity (Wildman–Crippen MR) is 120 cm³/mol. The van der Waals surface area contributed by atoms with E-state index in [1.54, 1.807) is 7.05 Å². The van der Waals surface area contributed by atoms with Crippen LogP contribution < -0.4 is 16.4 Å². The maximum atomic E-state index is 12.1. The van der Waals surface area contributed by atoms with Crippen molar-refractivity contribution in [3.63, 3.8) is 0 Å². The topological polar surface area (TPSA) is 122 Å². The highest BCUT2D eigenvalue weighted by molar-refractivity contribution is 7.96. The number of hydrogen-bond acceptors (Lipinski definition) is 4. The van der Waals surface area contributed by atoms with Crippen molar-refractivity contribution in [3.05, 3.63) is 42.5 Å². The molecule has 0 aliphatic heterocycles. The summed E-state index contributed by atoms with van der Waals surface area (Å²) in [6, 6.07) is 13.5.